The van der Waals surface area contributed by atoms with Gasteiger partial charge in [0.2, 0.25) is 11.2 Å². The van der Waals surface area contributed by atoms with Crippen molar-refractivity contribution in [2.45, 2.75) is 49.1 Å². The lowest BCUT2D eigenvalue weighted by molar-refractivity contribution is -0.0574. The van der Waals surface area contributed by atoms with Crippen LogP contribution < -0.4 is 17.0 Å². The van der Waals surface area contributed by atoms with E-state index in [9.17, 15) is 19.4 Å². The third-order valence-electron chi connectivity index (χ3n) is 7.31. The SMILES string of the molecule is Nc1nc2c(ncn2[C@@H]2O[C@@H]3COP(O)(=S)O[C@@H]4C(F)[C@H](n5cnc6c(N)nc(Cl)nc65)O[C@@H]4COP(=O)(S)OC3[C@@H]2O)c(=O)[nH]1. The van der Waals surface area contributed by atoms with Gasteiger partial charge in [-0.1, -0.05) is 12.2 Å². The van der Waals surface area contributed by atoms with Crippen LogP contribution in [0.2, 0.25) is 5.28 Å². The van der Waals surface area contributed by atoms with Gasteiger partial charge in [0.15, 0.2) is 41.3 Å². The monoisotopic (exact) mass is 742 g/mol. The van der Waals surface area contributed by atoms with E-state index in [1.807, 2.05) is 0 Å². The molecule has 3 aliphatic rings. The van der Waals surface area contributed by atoms with Crippen LogP contribution in [0.1, 0.15) is 12.5 Å². The number of hydrogen-bond acceptors (Lipinski definition) is 17. The van der Waals surface area contributed by atoms with Crippen molar-refractivity contribution >= 4 is 83.3 Å². The van der Waals surface area contributed by atoms with E-state index in [2.05, 4.69) is 42.2 Å². The second kappa shape index (κ2) is 11.7. The molecule has 4 unspecified atom stereocenters. The average Bonchev–Trinajstić information content (AvgIpc) is 3.72. The summed E-state index contributed by atoms with van der Waals surface area (Å²) in [6.07, 6.45) is -9.92. The van der Waals surface area contributed by atoms with E-state index in [1.54, 1.807) is 0 Å². The molecule has 0 aliphatic carbocycles. The van der Waals surface area contributed by atoms with Gasteiger partial charge in [-0.2, -0.15) is 15.0 Å². The molecule has 3 saturated heterocycles. The molecule has 0 aromatic carbocycles. The summed E-state index contributed by atoms with van der Waals surface area (Å²) in [6.45, 7) is -9.92. The van der Waals surface area contributed by atoms with Crippen molar-refractivity contribution in [1.29, 1.82) is 0 Å². The Morgan fingerprint density at radius 2 is 1.65 bits per heavy atom. The van der Waals surface area contributed by atoms with Gasteiger partial charge in [-0.3, -0.25) is 32.5 Å². The van der Waals surface area contributed by atoms with Gasteiger partial charge >= 0.3 is 13.5 Å². The van der Waals surface area contributed by atoms with Crippen LogP contribution in [-0.2, 0) is 43.9 Å². The van der Waals surface area contributed by atoms with E-state index < -0.39 is 81.4 Å². The highest BCUT2D eigenvalue weighted by molar-refractivity contribution is 8.44. The fraction of sp³-hybridized carbons (Fsp3) is 0.500. The molecular formula is C20H22ClFN10O10P2S2. The Bertz CT molecular complexity index is 2010. The van der Waals surface area contributed by atoms with Crippen molar-refractivity contribution < 1.29 is 46.5 Å². The van der Waals surface area contributed by atoms with Crippen molar-refractivity contribution in [1.82, 2.24) is 39.0 Å². The van der Waals surface area contributed by atoms with Gasteiger partial charge in [0.05, 0.1) is 25.9 Å². The maximum absolute atomic E-state index is 16.1. The van der Waals surface area contributed by atoms with Gasteiger partial charge in [0.25, 0.3) is 5.56 Å². The number of anilines is 2. The number of nitrogens with two attached hydrogens (primary N) is 2. The number of nitrogen functional groups attached to an aromatic ring is 2. The molecule has 0 spiro atoms. The lowest BCUT2D eigenvalue weighted by Crippen LogP contribution is -2.38. The molecule has 7 heterocycles. The maximum Gasteiger partial charge on any atom is 0.386 e. The van der Waals surface area contributed by atoms with Crippen molar-refractivity contribution in [3.05, 3.63) is 28.3 Å². The molecule has 26 heteroatoms. The Morgan fingerprint density at radius 1 is 1.02 bits per heavy atom. The minimum Gasteiger partial charge on any atom is -0.386 e. The standard InChI is InChI=1S/C20H22ClFN10O10P2S2/c21-19-27-13(23)8-14(28-19)31(3-25-8)17-7(22)11-5(39-17)1-37-44(36,46)42-12-6(2-38-43(35,45)41-11)40-18(10(12)33)32-4-26-9-15(32)29-20(24)30-16(9)34/h3-7,10-12,17-18,33H,1-2H2,(H,35,45)(H,36,46)(H2,23,27,28)(H3,24,29,30,34)/t5-,6-,7?,10+,11+,12?,17-,18-,43?,44?/m1/s1. The number of ether oxygens (including phenoxy) is 2. The summed E-state index contributed by atoms with van der Waals surface area (Å²) in [5, 5.41) is 11.0. The Morgan fingerprint density at radius 3 is 2.41 bits per heavy atom. The van der Waals surface area contributed by atoms with E-state index in [4.69, 9.17) is 62.4 Å². The molecular weight excluding hydrogens is 721 g/mol. The average molecular weight is 743 g/mol. The number of aromatic amines is 1. The third kappa shape index (κ3) is 5.72. The van der Waals surface area contributed by atoms with Crippen LogP contribution >= 0.6 is 37.4 Å². The van der Waals surface area contributed by atoms with Crippen molar-refractivity contribution in [2.75, 3.05) is 24.7 Å². The quantitative estimate of drug-likeness (QED) is 0.0918. The fourth-order valence-electron chi connectivity index (χ4n) is 5.32. The van der Waals surface area contributed by atoms with E-state index in [1.165, 1.54) is 21.8 Å². The number of alkyl halides is 1. The number of nitrogens with one attached hydrogen (secondary N) is 1. The number of aliphatic hydroxyl groups is 1. The van der Waals surface area contributed by atoms with Gasteiger partial charge in [-0.25, -0.2) is 18.9 Å². The molecule has 4 aromatic heterocycles. The van der Waals surface area contributed by atoms with Crippen LogP contribution in [0.5, 0.6) is 0 Å². The molecule has 0 bridgehead atoms. The third-order valence-corrected chi connectivity index (χ3v) is 10.7. The summed E-state index contributed by atoms with van der Waals surface area (Å²) in [7, 11) is 0. The minimum atomic E-state index is -4.37. The first-order valence-corrected chi connectivity index (χ1v) is 18.7. The number of imidazole rings is 2. The molecule has 248 valence electrons. The summed E-state index contributed by atoms with van der Waals surface area (Å²) >= 11 is 15.1. The largest absolute Gasteiger partial charge is 0.386 e. The molecule has 7 N–H and O–H groups in total. The topological polar surface area (TPSA) is 272 Å². The predicted molar refractivity (Wildman–Crippen MR) is 161 cm³/mol. The number of rotatable bonds is 2. The van der Waals surface area contributed by atoms with Crippen LogP contribution in [0, 0.1) is 0 Å². The Labute approximate surface area is 270 Å². The number of halogens is 2. The molecule has 20 nitrogen and oxygen atoms in total. The molecule has 3 fully saturated rings. The molecule has 7 rings (SSSR count). The summed E-state index contributed by atoms with van der Waals surface area (Å²) in [4.78, 5) is 45.5. The molecule has 46 heavy (non-hydrogen) atoms. The van der Waals surface area contributed by atoms with E-state index in [-0.39, 0.29) is 39.4 Å². The first kappa shape index (κ1) is 32.2. The zero-order valence-corrected chi connectivity index (χ0v) is 26.9. The molecule has 3 aliphatic heterocycles. The van der Waals surface area contributed by atoms with Gasteiger partial charge in [-0.05, 0) is 23.4 Å². The smallest absolute Gasteiger partial charge is 0.386 e. The van der Waals surface area contributed by atoms with Crippen LogP contribution in [0.4, 0.5) is 16.2 Å². The van der Waals surface area contributed by atoms with Crippen LogP contribution in [0.3, 0.4) is 0 Å². The van der Waals surface area contributed by atoms with E-state index in [0.29, 0.717) is 0 Å². The second-order valence-electron chi connectivity index (χ2n) is 10.2. The minimum absolute atomic E-state index is 0.0351. The summed E-state index contributed by atoms with van der Waals surface area (Å²) < 4.78 is 65.7. The first-order chi connectivity index (χ1) is 21.7. The molecule has 4 aromatic rings. The van der Waals surface area contributed by atoms with Gasteiger partial charge in [-0.15, -0.1) is 0 Å². The first-order valence-electron chi connectivity index (χ1n) is 13.0. The summed E-state index contributed by atoms with van der Waals surface area (Å²) in [6, 6.07) is 0. The van der Waals surface area contributed by atoms with Crippen molar-refractivity contribution in [3.63, 3.8) is 0 Å². The number of hydrogen-bond donors (Lipinski definition) is 6. The predicted octanol–water partition coefficient (Wildman–Crippen LogP) is 0.343. The maximum atomic E-state index is 16.1. The highest BCUT2D eigenvalue weighted by atomic mass is 35.5. The molecule has 0 radical (unpaired) electrons. The Balaban J connectivity index is 1.17. The van der Waals surface area contributed by atoms with Crippen molar-refractivity contribution in [2.24, 2.45) is 0 Å². The Hall–Kier alpha value is -2.37. The summed E-state index contributed by atoms with van der Waals surface area (Å²) in [5.41, 5.74) is 10.9. The van der Waals surface area contributed by atoms with E-state index >= 15 is 4.39 Å². The number of H-pyrrole nitrogens is 1. The second-order valence-corrected chi connectivity index (χ2v) is 16.2. The normalized spacial score (nSPS) is 37.2. The molecule has 10 atom stereocenters. The lowest BCUT2D eigenvalue weighted by Gasteiger charge is -2.29. The number of nitrogens with zero attached hydrogens (tertiary/aromatic N) is 7. The van der Waals surface area contributed by atoms with Crippen LogP contribution in [0.25, 0.3) is 22.3 Å². The highest BCUT2D eigenvalue weighted by Crippen LogP contribution is 2.58. The zero-order valence-electron chi connectivity index (χ0n) is 22.6. The summed E-state index contributed by atoms with van der Waals surface area (Å²) in [5.74, 6) is -0.291. The molecule has 0 amide bonds. The Kier molecular flexibility index (Phi) is 8.15. The van der Waals surface area contributed by atoms with Gasteiger partial charge in [0, 0.05) is 0 Å². The van der Waals surface area contributed by atoms with Crippen molar-refractivity contribution in [3.8, 4) is 0 Å². The zero-order chi connectivity index (χ0) is 32.7. The lowest BCUT2D eigenvalue weighted by atomic mass is 10.1. The fourth-order valence-corrected chi connectivity index (χ4v) is 8.42. The molecule has 0 saturated carbocycles. The van der Waals surface area contributed by atoms with E-state index in [0.717, 1.165) is 0 Å². The number of fused-ring (bicyclic) bond motifs is 4. The van der Waals surface area contributed by atoms with Gasteiger partial charge in [0.1, 0.15) is 36.0 Å². The number of thiol groups is 1. The van der Waals surface area contributed by atoms with Gasteiger partial charge < -0.3 is 35.5 Å². The number of aliphatic hydroxyl groups excluding tert-OH is 1. The number of aromatic nitrogens is 8. The highest BCUT2D eigenvalue weighted by Gasteiger charge is 2.53. The van der Waals surface area contributed by atoms with Crippen LogP contribution in [0.15, 0.2) is 17.4 Å². The van der Waals surface area contributed by atoms with Crippen LogP contribution in [-0.4, -0.2) is 98.9 Å².